The first-order chi connectivity index (χ1) is 51.0. The van der Waals surface area contributed by atoms with Gasteiger partial charge in [0.15, 0.2) is 0 Å². The van der Waals surface area contributed by atoms with Crippen LogP contribution in [0, 0.1) is 385 Å². The first-order valence-electron chi connectivity index (χ1n) is 44.0. The maximum Gasteiger partial charge on any atom is 0.104 e. The number of hydrogen-bond donors (Lipinski definition) is 9. The zero-order chi connectivity index (χ0) is 89.6. The molecule has 0 amide bonds. The summed E-state index contributed by atoms with van der Waals surface area (Å²) < 4.78 is 0. The molecule has 0 aliphatic rings. The fraction of sp³-hybridized carbons (Fsp3) is 0.903. The van der Waals surface area contributed by atoms with Gasteiger partial charge in [-0.2, -0.15) is 0 Å². The maximum atomic E-state index is 10.5. The monoisotopic (exact) mass is 2860 g/mol. The summed E-state index contributed by atoms with van der Waals surface area (Å²) in [6, 6.07) is 0.806. The molecule has 0 fully saturated rings. The van der Waals surface area contributed by atoms with E-state index in [9.17, 15) is 46.0 Å². The quantitative estimate of drug-likeness (QED) is 0.0262. The Morgan fingerprint density at radius 2 is 0.400 bits per heavy atom. The second-order valence-corrected chi connectivity index (χ2v) is 33.2. The van der Waals surface area contributed by atoms with Crippen LogP contribution in [0.3, 0.4) is 0 Å². The first kappa shape index (κ1) is 171. The van der Waals surface area contributed by atoms with Gasteiger partial charge in [0.1, 0.15) is 33.6 Å². The van der Waals surface area contributed by atoms with Crippen LogP contribution in [0.25, 0.3) is 0 Å². The van der Waals surface area contributed by atoms with E-state index in [4.69, 9.17) is 0 Å². The molecule has 0 aromatic rings. The van der Waals surface area contributed by atoms with Crippen LogP contribution in [0.2, 0.25) is 0 Å². The van der Waals surface area contributed by atoms with Gasteiger partial charge in [-0.05, 0) is 240 Å². The number of nitrogens with zero attached hydrogens (tertiary/aromatic N) is 9. The van der Waals surface area contributed by atoms with Gasteiger partial charge in [-0.1, -0.05) is 202 Å². The third kappa shape index (κ3) is 82.7. The molecule has 6 atom stereocenters. The summed E-state index contributed by atoms with van der Waals surface area (Å²) in [6.45, 7) is 80.4. The van der Waals surface area contributed by atoms with Crippen LogP contribution in [-0.4, -0.2) is 207 Å². The molecule has 0 spiro atoms. The number of rotatable bonds is 42. The van der Waals surface area contributed by atoms with Gasteiger partial charge in [-0.25, -0.2) is 0 Å². The van der Waals surface area contributed by atoms with Gasteiger partial charge < -0.3 is 46.0 Å². The third-order valence-corrected chi connectivity index (χ3v) is 20.7. The molecule has 0 aliphatic carbocycles. The van der Waals surface area contributed by atoms with Crippen LogP contribution in [0.1, 0.15) is 424 Å². The zero-order valence-corrected chi connectivity index (χ0v) is 115. The van der Waals surface area contributed by atoms with Crippen molar-refractivity contribution in [2.45, 2.75) is 493 Å². The molecular weight excluding hydrogens is 2690 g/mol. The molecule has 0 rings (SSSR count). The Labute approximate surface area is 1040 Å². The second kappa shape index (κ2) is 99.4. The predicted molar refractivity (Wildman–Crippen MR) is 498 cm³/mol. The van der Waals surface area contributed by atoms with Crippen LogP contribution < -0.4 is 0 Å². The molecule has 0 bridgehead atoms. The van der Waals surface area contributed by atoms with Crippen LogP contribution in [0.15, 0.2) is 44.9 Å². The smallest absolute Gasteiger partial charge is 0.104 e. The zero-order valence-electron chi connectivity index (χ0n) is 86.1. The molecule has 120 heavy (non-hydrogen) atoms. The number of aliphatic imine (C=N–C) groups is 9. The van der Waals surface area contributed by atoms with Crippen LogP contribution in [-0.2, 0) is 0 Å². The predicted octanol–water partition coefficient (Wildman–Crippen LogP) is 22.4. The van der Waals surface area contributed by atoms with Crippen molar-refractivity contribution in [2.24, 2.45) is 62.7 Å². The molecule has 702 valence electrons. The van der Waals surface area contributed by atoms with Crippen molar-refractivity contribution in [3.8, 4) is 0 Å². The minimum absolute atomic E-state index is 0. The van der Waals surface area contributed by atoms with Crippen molar-refractivity contribution in [1.82, 2.24) is 0 Å². The molecule has 0 aromatic heterocycles. The Bertz CT molecular complexity index is 2570. The maximum absolute atomic E-state index is 10.5. The Kier molecular flexibility index (Phi) is 142. The van der Waals surface area contributed by atoms with E-state index in [2.05, 4.69) is 142 Å². The summed E-state index contributed by atoms with van der Waals surface area (Å²) in [7, 11) is 5.18. The van der Waals surface area contributed by atoms with E-state index in [0.29, 0.717) is 0 Å². The van der Waals surface area contributed by atoms with E-state index >= 15 is 0 Å². The summed E-state index contributed by atoms with van der Waals surface area (Å²) in [5, 5.41) is 91.2. The summed E-state index contributed by atoms with van der Waals surface area (Å²) in [6.07, 6.45) is 21.7. The molecule has 0 saturated heterocycles. The van der Waals surface area contributed by atoms with E-state index in [-0.39, 0.29) is 403 Å². The summed E-state index contributed by atoms with van der Waals surface area (Å²) in [5.74, 6) is 0.703. The van der Waals surface area contributed by atoms with Gasteiger partial charge in [-0.15, -0.1) is 0 Å². The third-order valence-electron chi connectivity index (χ3n) is 20.7. The molecule has 9 N–H and O–H groups in total. The number of hydrogen-bond acceptors (Lipinski definition) is 18. The minimum atomic E-state index is -0.709. The normalized spacial score (nSPS) is 15.2. The van der Waals surface area contributed by atoms with Crippen LogP contribution in [0.5, 0.6) is 0 Å². The van der Waals surface area contributed by atoms with Gasteiger partial charge in [0.2, 0.25) is 0 Å². The molecule has 0 radical (unpaired) electrons. The van der Waals surface area contributed by atoms with E-state index in [0.717, 1.165) is 225 Å². The van der Waals surface area contributed by atoms with E-state index in [1.54, 1.807) is 28.1 Å². The standard InChI is InChI=1S/2C12H25NO.2C11H23NO.3C10H21NO.C9H19NO.C8H17NO.9Nd/c1-7-8-12(14,9(2)3)11(6)13-10(4)5;1-6-8-12(14,9-7-2)11(5)13-10(3)4;1-6-8-11(13,9(3)4)10(5)12-7-2;1-5-8-11(13,9-6-2)10(4)12-7-3;1-6-7-10(12,8(2)3)9(4)11-5;1-6-7-10(5,12)9(4)11-8(2)3;1-5-7-10(12,8-6-2)9(3)11-4;1-5-7-9(4,11)8(3)10-6-2;1-5-6-8(3,10)7(2)9-4;;;;;;;;;/h9-10,14H,7-8H2,1-6H3;10,14H,6-9H2,1-5H3;9,13H,6-8H2,1-5H3;13H,5-9H2,1-4H3;2*8,12H,6-7H2,1-5H3;12H,5-8H2,1-4H3;11H,5-7H2,1-4H3;10H,5-6H2,1-4H3;;;;;;;;;. The van der Waals surface area contributed by atoms with Gasteiger partial charge in [-0.3, -0.25) is 44.9 Å². The fourth-order valence-corrected chi connectivity index (χ4v) is 13.1. The van der Waals surface area contributed by atoms with Crippen molar-refractivity contribution >= 4 is 51.4 Å². The Morgan fingerprint density at radius 1 is 0.217 bits per heavy atom. The largest absolute Gasteiger partial charge is 0.384 e. The fourth-order valence-electron chi connectivity index (χ4n) is 13.1. The molecule has 6 unspecified atom stereocenters. The van der Waals surface area contributed by atoms with E-state index in [1.165, 1.54) is 0 Å². The topological polar surface area (TPSA) is 293 Å². The SMILES string of the molecule is CCCC(C)(O)C(C)=NC.CCCC(C)(O)C(C)=NC(C)C.CCCC(C)(O)C(C)=NCC.CCCC(O)(C(C)=NC(C)C)C(C)C.CCCC(O)(C(C)=NC)C(C)C.CCCC(O)(C(C)=NCC)C(C)C.CCCC(O)(CCC)C(C)=NC.CCCC(O)(CCC)C(C)=NC(C)C.CCCC(O)(CCC)C(C)=NCC.[Nd].[Nd].[Nd].[Nd].[Nd].[Nd].[Nd].[Nd].[Nd]. The van der Waals surface area contributed by atoms with E-state index in [1.807, 2.05) is 166 Å². The van der Waals surface area contributed by atoms with Crippen molar-refractivity contribution in [3.63, 3.8) is 0 Å². The van der Waals surface area contributed by atoms with Crippen molar-refractivity contribution in [1.29, 1.82) is 0 Å². The Hall–Kier alpha value is 8.83. The summed E-state index contributed by atoms with van der Waals surface area (Å²) in [5.41, 5.74) is 1.67. The van der Waals surface area contributed by atoms with Crippen molar-refractivity contribution in [3.05, 3.63) is 0 Å². The van der Waals surface area contributed by atoms with Gasteiger partial charge in [0.05, 0.1) is 16.8 Å². The van der Waals surface area contributed by atoms with Gasteiger partial charge in [0, 0.05) is 478 Å². The first-order valence-corrected chi connectivity index (χ1v) is 44.0. The molecular formula is C93H195N9Nd9O9. The molecule has 0 saturated carbocycles. The van der Waals surface area contributed by atoms with Crippen molar-refractivity contribution < 1.29 is 414 Å². The molecule has 0 heterocycles. The van der Waals surface area contributed by atoms with Gasteiger partial charge in [0.25, 0.3) is 0 Å². The van der Waals surface area contributed by atoms with E-state index < -0.39 is 50.4 Å². The summed E-state index contributed by atoms with van der Waals surface area (Å²) in [4.78, 5) is 38.1. The van der Waals surface area contributed by atoms with Crippen LogP contribution in [0.4, 0.5) is 0 Å². The molecule has 18 nitrogen and oxygen atoms in total. The average molecular weight is 2880 g/mol. The second-order valence-electron chi connectivity index (χ2n) is 33.2. The number of aliphatic hydroxyl groups is 9. The Balaban J connectivity index is -0.0000000605. The van der Waals surface area contributed by atoms with Crippen molar-refractivity contribution in [2.75, 3.05) is 40.8 Å². The average Bonchev–Trinajstić information content (AvgIpc) is 0.837. The minimum Gasteiger partial charge on any atom is -0.384 e. The molecule has 0 aromatic carbocycles. The van der Waals surface area contributed by atoms with Crippen LogP contribution >= 0.6 is 0 Å². The Morgan fingerprint density at radius 3 is 0.625 bits per heavy atom. The van der Waals surface area contributed by atoms with Gasteiger partial charge >= 0.3 is 0 Å². The molecule has 27 heteroatoms. The summed E-state index contributed by atoms with van der Waals surface area (Å²) >= 11 is 0. The molecule has 0 aliphatic heterocycles.